The van der Waals surface area contributed by atoms with Crippen molar-refractivity contribution in [3.05, 3.63) is 11.6 Å². The smallest absolute Gasteiger partial charge is 0.185 e. The summed E-state index contributed by atoms with van der Waals surface area (Å²) in [7, 11) is 0. The first-order valence-corrected chi connectivity index (χ1v) is 6.16. The summed E-state index contributed by atoms with van der Waals surface area (Å²) in [6, 6.07) is 0.625. The third-order valence-electron chi connectivity index (χ3n) is 2.79. The molecule has 0 aliphatic carbocycles. The van der Waals surface area contributed by atoms with Gasteiger partial charge in [-0.25, -0.2) is 4.98 Å². The topological polar surface area (TPSA) is 42.1 Å². The molecule has 1 aliphatic heterocycles. The molecule has 2 rings (SSSR count). The number of nitrogens with two attached hydrogens (primary N) is 1. The summed E-state index contributed by atoms with van der Waals surface area (Å²) >= 11 is 1.73. The van der Waals surface area contributed by atoms with Gasteiger partial charge in [0.25, 0.3) is 0 Å². The van der Waals surface area contributed by atoms with E-state index in [0.29, 0.717) is 6.04 Å². The molecule has 1 atom stereocenters. The molecular formula is C10H17N3S. The van der Waals surface area contributed by atoms with E-state index >= 15 is 0 Å². The molecule has 0 amide bonds. The molecule has 78 valence electrons. The second kappa shape index (κ2) is 4.75. The van der Waals surface area contributed by atoms with E-state index in [4.69, 9.17) is 5.73 Å². The predicted molar refractivity (Wildman–Crippen MR) is 60.8 cm³/mol. The fourth-order valence-electron chi connectivity index (χ4n) is 2.10. The molecule has 1 aromatic rings. The Kier molecular flexibility index (Phi) is 3.37. The van der Waals surface area contributed by atoms with E-state index in [0.717, 1.165) is 19.5 Å². The standard InChI is InChI=1S/C10H17N3S/c11-5-4-9-3-1-2-7-13(9)10-12-6-8-14-10/h6,8-9H,1-5,7,11H2. The fraction of sp³-hybridized carbons (Fsp3) is 0.700. The number of aromatic nitrogens is 1. The van der Waals surface area contributed by atoms with E-state index in [9.17, 15) is 0 Å². The fourth-order valence-corrected chi connectivity index (χ4v) is 2.84. The zero-order valence-corrected chi connectivity index (χ0v) is 9.17. The number of hydrogen-bond acceptors (Lipinski definition) is 4. The Morgan fingerprint density at radius 1 is 1.57 bits per heavy atom. The van der Waals surface area contributed by atoms with Crippen LogP contribution in [-0.4, -0.2) is 24.1 Å². The third-order valence-corrected chi connectivity index (χ3v) is 3.60. The second-order valence-corrected chi connectivity index (χ2v) is 4.61. The van der Waals surface area contributed by atoms with E-state index in [1.807, 2.05) is 11.6 Å². The summed E-state index contributed by atoms with van der Waals surface area (Å²) in [6.45, 7) is 1.94. The van der Waals surface area contributed by atoms with Gasteiger partial charge in [0, 0.05) is 24.2 Å². The molecule has 4 heteroatoms. The quantitative estimate of drug-likeness (QED) is 0.829. The van der Waals surface area contributed by atoms with Crippen LogP contribution in [0.3, 0.4) is 0 Å². The molecule has 0 bridgehead atoms. The lowest BCUT2D eigenvalue weighted by Crippen LogP contribution is -2.40. The average molecular weight is 211 g/mol. The van der Waals surface area contributed by atoms with Gasteiger partial charge in [0.2, 0.25) is 0 Å². The summed E-state index contributed by atoms with van der Waals surface area (Å²) in [5, 5.41) is 3.21. The van der Waals surface area contributed by atoms with E-state index in [1.165, 1.54) is 24.4 Å². The Balaban J connectivity index is 2.06. The van der Waals surface area contributed by atoms with Crippen molar-refractivity contribution in [1.29, 1.82) is 0 Å². The Morgan fingerprint density at radius 3 is 3.21 bits per heavy atom. The molecule has 0 radical (unpaired) electrons. The first-order chi connectivity index (χ1) is 6.92. The van der Waals surface area contributed by atoms with Crippen LogP contribution in [0.5, 0.6) is 0 Å². The maximum absolute atomic E-state index is 5.63. The lowest BCUT2D eigenvalue weighted by molar-refractivity contribution is 0.441. The number of anilines is 1. The zero-order chi connectivity index (χ0) is 9.80. The van der Waals surface area contributed by atoms with Crippen LogP contribution in [0.15, 0.2) is 11.6 Å². The summed E-state index contributed by atoms with van der Waals surface area (Å²) in [5.74, 6) is 0. The van der Waals surface area contributed by atoms with Gasteiger partial charge in [0.05, 0.1) is 0 Å². The highest BCUT2D eigenvalue weighted by Crippen LogP contribution is 2.27. The maximum Gasteiger partial charge on any atom is 0.185 e. The van der Waals surface area contributed by atoms with Crippen LogP contribution in [-0.2, 0) is 0 Å². The minimum atomic E-state index is 0.625. The lowest BCUT2D eigenvalue weighted by atomic mass is 10.0. The molecule has 0 saturated carbocycles. The molecule has 3 nitrogen and oxygen atoms in total. The normalized spacial score (nSPS) is 22.6. The minimum absolute atomic E-state index is 0.625. The van der Waals surface area contributed by atoms with Crippen molar-refractivity contribution in [1.82, 2.24) is 4.98 Å². The van der Waals surface area contributed by atoms with Crippen LogP contribution >= 0.6 is 11.3 Å². The highest BCUT2D eigenvalue weighted by Gasteiger charge is 2.23. The first kappa shape index (κ1) is 9.93. The van der Waals surface area contributed by atoms with Crippen LogP contribution < -0.4 is 10.6 Å². The molecule has 1 fully saturated rings. The molecule has 2 N–H and O–H groups in total. The Labute approximate surface area is 88.9 Å². The average Bonchev–Trinajstić information content (AvgIpc) is 2.72. The van der Waals surface area contributed by atoms with Crippen molar-refractivity contribution < 1.29 is 0 Å². The van der Waals surface area contributed by atoms with E-state index < -0.39 is 0 Å². The molecule has 1 saturated heterocycles. The number of rotatable bonds is 3. The van der Waals surface area contributed by atoms with Crippen LogP contribution in [0, 0.1) is 0 Å². The van der Waals surface area contributed by atoms with Gasteiger partial charge in [0.15, 0.2) is 5.13 Å². The summed E-state index contributed by atoms with van der Waals surface area (Å²) in [6.07, 6.45) is 6.89. The van der Waals surface area contributed by atoms with Gasteiger partial charge in [-0.1, -0.05) is 0 Å². The van der Waals surface area contributed by atoms with Crippen LogP contribution in [0.4, 0.5) is 5.13 Å². The SMILES string of the molecule is NCCC1CCCCN1c1nccs1. The zero-order valence-electron chi connectivity index (χ0n) is 8.35. The van der Waals surface area contributed by atoms with Crippen molar-refractivity contribution in [2.24, 2.45) is 5.73 Å². The van der Waals surface area contributed by atoms with Gasteiger partial charge in [-0.15, -0.1) is 11.3 Å². The van der Waals surface area contributed by atoms with Gasteiger partial charge in [0.1, 0.15) is 0 Å². The highest BCUT2D eigenvalue weighted by molar-refractivity contribution is 7.13. The van der Waals surface area contributed by atoms with Gasteiger partial charge >= 0.3 is 0 Å². The van der Waals surface area contributed by atoms with Crippen molar-refractivity contribution in [3.63, 3.8) is 0 Å². The van der Waals surface area contributed by atoms with Crippen LogP contribution in [0.25, 0.3) is 0 Å². The minimum Gasteiger partial charge on any atom is -0.345 e. The molecule has 2 heterocycles. The Morgan fingerprint density at radius 2 is 2.50 bits per heavy atom. The van der Waals surface area contributed by atoms with Crippen molar-refractivity contribution >= 4 is 16.5 Å². The maximum atomic E-state index is 5.63. The monoisotopic (exact) mass is 211 g/mol. The van der Waals surface area contributed by atoms with Crippen molar-refractivity contribution in [3.8, 4) is 0 Å². The number of thiazole rings is 1. The molecule has 14 heavy (non-hydrogen) atoms. The van der Waals surface area contributed by atoms with Gasteiger partial charge in [-0.05, 0) is 32.2 Å². The van der Waals surface area contributed by atoms with Crippen LogP contribution in [0.2, 0.25) is 0 Å². The Bertz CT molecular complexity index is 258. The number of nitrogens with zero attached hydrogens (tertiary/aromatic N) is 2. The van der Waals surface area contributed by atoms with Gasteiger partial charge < -0.3 is 10.6 Å². The Hall–Kier alpha value is -0.610. The molecule has 1 aromatic heterocycles. The van der Waals surface area contributed by atoms with E-state index in [2.05, 4.69) is 9.88 Å². The van der Waals surface area contributed by atoms with Crippen LogP contribution in [0.1, 0.15) is 25.7 Å². The summed E-state index contributed by atoms with van der Waals surface area (Å²) in [5.41, 5.74) is 5.63. The summed E-state index contributed by atoms with van der Waals surface area (Å²) in [4.78, 5) is 6.81. The second-order valence-electron chi connectivity index (χ2n) is 3.74. The largest absolute Gasteiger partial charge is 0.345 e. The molecule has 0 aromatic carbocycles. The van der Waals surface area contributed by atoms with E-state index in [-0.39, 0.29) is 0 Å². The number of hydrogen-bond donors (Lipinski definition) is 1. The summed E-state index contributed by atoms with van der Waals surface area (Å²) < 4.78 is 0. The molecule has 0 spiro atoms. The highest BCUT2D eigenvalue weighted by atomic mass is 32.1. The van der Waals surface area contributed by atoms with Crippen molar-refractivity contribution in [2.75, 3.05) is 18.0 Å². The first-order valence-electron chi connectivity index (χ1n) is 5.28. The predicted octanol–water partition coefficient (Wildman–Crippen LogP) is 1.85. The molecule has 1 unspecified atom stereocenters. The van der Waals surface area contributed by atoms with E-state index in [1.54, 1.807) is 11.3 Å². The molecule has 1 aliphatic rings. The third kappa shape index (κ3) is 2.07. The molecular weight excluding hydrogens is 194 g/mol. The van der Waals surface area contributed by atoms with Gasteiger partial charge in [-0.2, -0.15) is 0 Å². The number of piperidine rings is 1. The lowest BCUT2D eigenvalue weighted by Gasteiger charge is -2.35. The van der Waals surface area contributed by atoms with Gasteiger partial charge in [-0.3, -0.25) is 0 Å². The van der Waals surface area contributed by atoms with Crippen molar-refractivity contribution in [2.45, 2.75) is 31.7 Å².